The molecule has 0 aromatic heterocycles. The van der Waals surface area contributed by atoms with Gasteiger partial charge in [-0.2, -0.15) is 0 Å². The summed E-state index contributed by atoms with van der Waals surface area (Å²) in [5, 5.41) is 7.38. The van der Waals surface area contributed by atoms with E-state index in [1.165, 1.54) is 0 Å². The van der Waals surface area contributed by atoms with Gasteiger partial charge in [0.15, 0.2) is 0 Å². The Balaban J connectivity index is 3.11. The molecule has 0 aliphatic rings. The molecule has 0 fully saturated rings. The van der Waals surface area contributed by atoms with Crippen LogP contribution in [0.15, 0.2) is 4.91 Å². The Hall–Kier alpha value is 0.410. The van der Waals surface area contributed by atoms with E-state index in [9.17, 15) is 0 Å². The molecule has 0 unspecified atom stereocenters. The molecular weight excluding hydrogens is 93.0 g/mol. The molecule has 0 spiro atoms. The van der Waals surface area contributed by atoms with E-state index in [-0.39, 0.29) is 7.15 Å². The molecule has 0 aliphatic heterocycles. The van der Waals surface area contributed by atoms with Crippen LogP contribution in [-0.4, -0.2) is 5.21 Å². The normalized spacial score (nSPS) is 5.25. The van der Waals surface area contributed by atoms with Gasteiger partial charge in [-0.3, -0.25) is 0 Å². The molecule has 0 aromatic carbocycles. The summed E-state index contributed by atoms with van der Waals surface area (Å²) in [5.41, 5.74) is 0. The van der Waals surface area contributed by atoms with Crippen molar-refractivity contribution in [1.82, 2.24) is 0 Å². The molecule has 0 bridgehead atoms. The fourth-order valence-corrected chi connectivity index (χ4v) is 0. The molecule has 0 saturated carbocycles. The van der Waals surface area contributed by atoms with E-state index in [0.717, 1.165) is 0 Å². The zero-order valence-electron chi connectivity index (χ0n) is 1.75. The molecule has 0 amide bonds. The van der Waals surface area contributed by atoms with E-state index in [2.05, 4.69) is 16.7 Å². The van der Waals surface area contributed by atoms with E-state index in [0.29, 0.717) is 0 Å². The first-order chi connectivity index (χ1) is 1.91. The summed E-state index contributed by atoms with van der Waals surface area (Å²) in [6.45, 7) is 0. The van der Waals surface area contributed by atoms with Crippen LogP contribution in [0.25, 0.3) is 0 Å². The van der Waals surface area contributed by atoms with Gasteiger partial charge in [-0.15, -0.1) is 0 Å². The minimum absolute atomic E-state index is 0.262. The van der Waals surface area contributed by atoms with Gasteiger partial charge >= 0.3 is 29.1 Å². The van der Waals surface area contributed by atoms with Crippen LogP contribution < -0.4 is 0 Å². The summed E-state index contributed by atoms with van der Waals surface area (Å²) in [5.74, 6) is 0. The molecule has 0 atom stereocenters. The van der Waals surface area contributed by atoms with Crippen LogP contribution in [0.4, 0.5) is 0 Å². The molecule has 0 rings (SSSR count). The first kappa shape index (κ1) is 4.41. The van der Waals surface area contributed by atoms with Crippen LogP contribution in [0.1, 0.15) is 0 Å². The van der Waals surface area contributed by atoms with Crippen molar-refractivity contribution >= 4 is 19.0 Å². The monoisotopic (exact) mass is 94.0 g/mol. The fourth-order valence-electron chi connectivity index (χ4n) is 0. The molecule has 1 N–H and O–H groups in total. The average Bonchev–Trinajstić information content (AvgIpc) is 1.37. The van der Waals surface area contributed by atoms with E-state index in [4.69, 9.17) is 5.21 Å². The second-order valence-electron chi connectivity index (χ2n) is 0.171. The van der Waals surface area contributed by atoms with E-state index in [1.807, 2.05) is 0 Å². The van der Waals surface area contributed by atoms with Crippen molar-refractivity contribution in [2.75, 3.05) is 0 Å². The first-order valence-corrected chi connectivity index (χ1v) is 2.44. The molecule has 0 heterocycles. The maximum atomic E-state index is 7.38. The van der Waals surface area contributed by atoms with E-state index < -0.39 is 0 Å². The maximum absolute atomic E-state index is 7.38. The Labute approximate surface area is 30.0 Å². The van der Waals surface area contributed by atoms with E-state index >= 15 is 0 Å². The zero-order chi connectivity index (χ0) is 3.41. The second-order valence-corrected chi connectivity index (χ2v) is 1.00. The Bertz CT molecular complexity index is 46.0. The van der Waals surface area contributed by atoms with Crippen LogP contribution in [0, 0.1) is 0 Å². The number of nitrogens with zero attached hydrogens (tertiary/aromatic N) is 1. The van der Waals surface area contributed by atoms with Crippen LogP contribution >= 0.6 is 7.15 Å². The number of hydrogen-bond donors (Lipinski definition) is 1. The summed E-state index contributed by atoms with van der Waals surface area (Å²) < 4.78 is 0. The topological polar surface area (TPSA) is 32.6 Å². The van der Waals surface area contributed by atoms with Gasteiger partial charge in [0.1, 0.15) is 0 Å². The van der Waals surface area contributed by atoms with Crippen molar-refractivity contribution in [3.63, 3.8) is 0 Å². The molecule has 0 aliphatic carbocycles. The molecule has 0 radical (unpaired) electrons. The predicted molar refractivity (Wildman–Crippen MR) is 18.5 cm³/mol. The van der Waals surface area contributed by atoms with Crippen molar-refractivity contribution in [2.45, 2.75) is 0 Å². The second kappa shape index (κ2) is 3.41. The van der Waals surface area contributed by atoms with E-state index in [1.54, 1.807) is 0 Å². The van der Waals surface area contributed by atoms with Crippen molar-refractivity contribution < 1.29 is 5.21 Å². The number of hydrogen-bond acceptors (Lipinski definition) is 2. The molecule has 4 heteroatoms. The summed E-state index contributed by atoms with van der Waals surface area (Å²) >= 11 is 4.11. The third-order valence-electron chi connectivity index (χ3n) is 0.0365. The third-order valence-corrected chi connectivity index (χ3v) is 0.329. The van der Waals surface area contributed by atoms with Crippen LogP contribution in [-0.2, 0) is 11.8 Å². The van der Waals surface area contributed by atoms with Gasteiger partial charge in [-0.25, -0.2) is 0 Å². The van der Waals surface area contributed by atoms with Gasteiger partial charge in [0.05, 0.1) is 0 Å². The summed E-state index contributed by atoms with van der Waals surface area (Å²) in [7, 11) is 0.262. The van der Waals surface area contributed by atoms with Gasteiger partial charge in [0, 0.05) is 0 Å². The van der Waals surface area contributed by atoms with Crippen LogP contribution in [0.5, 0.6) is 0 Å². The molecule has 4 heavy (non-hydrogen) atoms. The standard InChI is InChI=1S/NOPS/c2-1-3-4/p+1. The van der Waals surface area contributed by atoms with Gasteiger partial charge in [-0.1, -0.05) is 0 Å². The predicted octanol–water partition coefficient (Wildman–Crippen LogP) is 0.967. The fraction of sp³-hybridized carbons (Fsp3) is 0. The van der Waals surface area contributed by atoms with Gasteiger partial charge < -0.3 is 0 Å². The Morgan fingerprint density at radius 3 is 2.25 bits per heavy atom. The SMILES string of the molecule is ON=[P+]=S. The molecule has 22 valence electrons. The van der Waals surface area contributed by atoms with Gasteiger partial charge in [0.2, 0.25) is 0 Å². The average molecular weight is 94.1 g/mol. The molecular formula is HNOPS+. The summed E-state index contributed by atoms with van der Waals surface area (Å²) in [6.07, 6.45) is 0. The minimum atomic E-state index is 0.262. The molecule has 0 saturated heterocycles. The Morgan fingerprint density at radius 1 is 2.00 bits per heavy atom. The quantitative estimate of drug-likeness (QED) is 0.358. The summed E-state index contributed by atoms with van der Waals surface area (Å²) in [4.78, 5) is 2.52. The van der Waals surface area contributed by atoms with Crippen molar-refractivity contribution in [2.24, 2.45) is 4.91 Å². The van der Waals surface area contributed by atoms with Crippen LogP contribution in [0.3, 0.4) is 0 Å². The van der Waals surface area contributed by atoms with Crippen molar-refractivity contribution in [1.29, 1.82) is 0 Å². The Kier molecular flexibility index (Phi) is 3.76. The third kappa shape index (κ3) is 2.41. The van der Waals surface area contributed by atoms with Gasteiger partial charge in [0.25, 0.3) is 0 Å². The van der Waals surface area contributed by atoms with Crippen molar-refractivity contribution in [3.8, 4) is 0 Å². The van der Waals surface area contributed by atoms with Gasteiger partial charge in [-0.05, 0) is 0 Å². The zero-order valence-corrected chi connectivity index (χ0v) is 3.46. The molecule has 0 aromatic rings. The Morgan fingerprint density at radius 2 is 2.25 bits per heavy atom. The first-order valence-electron chi connectivity index (χ1n) is 0.583. The van der Waals surface area contributed by atoms with Crippen LogP contribution in [0.2, 0.25) is 0 Å². The number of rotatable bonds is 0. The molecule has 2 nitrogen and oxygen atoms in total. The van der Waals surface area contributed by atoms with Crippen molar-refractivity contribution in [3.05, 3.63) is 0 Å². The summed E-state index contributed by atoms with van der Waals surface area (Å²) in [6, 6.07) is 0.